The minimum Gasteiger partial charge on any atom is -0.466 e. The Bertz CT molecular complexity index is 353. The van der Waals surface area contributed by atoms with Crippen molar-refractivity contribution in [2.24, 2.45) is 0 Å². The van der Waals surface area contributed by atoms with E-state index in [1.807, 2.05) is 13.8 Å². The molecule has 1 N–H and O–H groups in total. The molecule has 1 aromatic heterocycles. The predicted octanol–water partition coefficient (Wildman–Crippen LogP) is 1.40. The summed E-state index contributed by atoms with van der Waals surface area (Å²) in [4.78, 5) is 19.3. The van der Waals surface area contributed by atoms with Crippen molar-refractivity contribution < 1.29 is 9.53 Å². The van der Waals surface area contributed by atoms with E-state index in [1.165, 1.54) is 6.33 Å². The lowest BCUT2D eigenvalue weighted by Crippen LogP contribution is -2.13. The Hall–Kier alpha value is -1.65. The van der Waals surface area contributed by atoms with E-state index in [4.69, 9.17) is 4.74 Å². The van der Waals surface area contributed by atoms with E-state index in [2.05, 4.69) is 15.3 Å². The third-order valence-corrected chi connectivity index (χ3v) is 1.79. The van der Waals surface area contributed by atoms with Crippen molar-refractivity contribution in [3.05, 3.63) is 18.1 Å². The molecule has 0 aromatic carbocycles. The topological polar surface area (TPSA) is 64.1 Å². The SMILES string of the molecule is CCOC(=O)Cc1cc(NC(C)C)ncn1. The average molecular weight is 223 g/mol. The fourth-order valence-electron chi connectivity index (χ4n) is 1.23. The second-order valence-corrected chi connectivity index (χ2v) is 3.68. The molecule has 0 saturated carbocycles. The number of hydrogen-bond acceptors (Lipinski definition) is 5. The predicted molar refractivity (Wildman–Crippen MR) is 61.1 cm³/mol. The van der Waals surface area contributed by atoms with Crippen molar-refractivity contribution in [2.45, 2.75) is 33.2 Å². The quantitative estimate of drug-likeness (QED) is 0.764. The Balaban J connectivity index is 2.63. The molecular formula is C11H17N3O2. The zero-order valence-electron chi connectivity index (χ0n) is 9.86. The molecular weight excluding hydrogens is 206 g/mol. The van der Waals surface area contributed by atoms with E-state index in [-0.39, 0.29) is 12.4 Å². The minimum atomic E-state index is -0.267. The van der Waals surface area contributed by atoms with Crippen LogP contribution in [0.2, 0.25) is 0 Å². The molecule has 0 bridgehead atoms. The fourth-order valence-corrected chi connectivity index (χ4v) is 1.23. The van der Waals surface area contributed by atoms with Gasteiger partial charge in [0.25, 0.3) is 0 Å². The second kappa shape index (κ2) is 6.05. The normalized spacial score (nSPS) is 10.2. The number of hydrogen-bond donors (Lipinski definition) is 1. The summed E-state index contributed by atoms with van der Waals surface area (Å²) >= 11 is 0. The Morgan fingerprint density at radius 1 is 1.50 bits per heavy atom. The van der Waals surface area contributed by atoms with Crippen molar-refractivity contribution in [3.63, 3.8) is 0 Å². The van der Waals surface area contributed by atoms with Crippen LogP contribution in [0.4, 0.5) is 5.82 Å². The van der Waals surface area contributed by atoms with Crippen molar-refractivity contribution in [3.8, 4) is 0 Å². The summed E-state index contributed by atoms with van der Waals surface area (Å²) in [6, 6.07) is 2.06. The van der Waals surface area contributed by atoms with Gasteiger partial charge in [0, 0.05) is 12.1 Å². The van der Waals surface area contributed by atoms with Gasteiger partial charge in [-0.1, -0.05) is 0 Å². The van der Waals surface area contributed by atoms with Crippen LogP contribution in [-0.2, 0) is 16.0 Å². The number of carbonyl (C=O) groups excluding carboxylic acids is 1. The van der Waals surface area contributed by atoms with E-state index < -0.39 is 0 Å². The van der Waals surface area contributed by atoms with Crippen LogP contribution in [0.5, 0.6) is 0 Å². The summed E-state index contributed by atoms with van der Waals surface area (Å²) in [6.45, 7) is 6.21. The highest BCUT2D eigenvalue weighted by Gasteiger charge is 2.06. The Morgan fingerprint density at radius 3 is 2.88 bits per heavy atom. The van der Waals surface area contributed by atoms with Crippen LogP contribution in [0.25, 0.3) is 0 Å². The van der Waals surface area contributed by atoms with Crippen LogP contribution in [0.1, 0.15) is 26.5 Å². The molecule has 0 spiro atoms. The van der Waals surface area contributed by atoms with Crippen molar-refractivity contribution in [2.75, 3.05) is 11.9 Å². The molecule has 0 radical (unpaired) electrons. The molecule has 0 unspecified atom stereocenters. The number of esters is 1. The molecule has 0 aliphatic rings. The summed E-state index contributed by atoms with van der Waals surface area (Å²) in [5.41, 5.74) is 0.664. The highest BCUT2D eigenvalue weighted by molar-refractivity contribution is 5.72. The maximum Gasteiger partial charge on any atom is 0.311 e. The van der Waals surface area contributed by atoms with Gasteiger partial charge in [-0.15, -0.1) is 0 Å². The van der Waals surface area contributed by atoms with Crippen LogP contribution in [0.3, 0.4) is 0 Å². The fraction of sp³-hybridized carbons (Fsp3) is 0.545. The van der Waals surface area contributed by atoms with Gasteiger partial charge >= 0.3 is 5.97 Å². The molecule has 88 valence electrons. The van der Waals surface area contributed by atoms with Gasteiger partial charge in [0.1, 0.15) is 12.1 Å². The number of nitrogens with zero attached hydrogens (tertiary/aromatic N) is 2. The second-order valence-electron chi connectivity index (χ2n) is 3.68. The van der Waals surface area contributed by atoms with Crippen LogP contribution < -0.4 is 5.32 Å². The van der Waals surface area contributed by atoms with Gasteiger partial charge in [-0.3, -0.25) is 4.79 Å². The number of anilines is 1. The van der Waals surface area contributed by atoms with Crippen molar-refractivity contribution >= 4 is 11.8 Å². The molecule has 1 aromatic rings. The molecule has 0 amide bonds. The first kappa shape index (κ1) is 12.4. The van der Waals surface area contributed by atoms with E-state index in [0.29, 0.717) is 18.3 Å². The Morgan fingerprint density at radius 2 is 2.25 bits per heavy atom. The summed E-state index contributed by atoms with van der Waals surface area (Å²) in [7, 11) is 0. The lowest BCUT2D eigenvalue weighted by Gasteiger charge is -2.09. The number of ether oxygens (including phenoxy) is 1. The molecule has 0 saturated heterocycles. The Kier molecular flexibility index (Phi) is 4.69. The van der Waals surface area contributed by atoms with Gasteiger partial charge in [-0.25, -0.2) is 9.97 Å². The van der Waals surface area contributed by atoms with Crippen LogP contribution in [0, 0.1) is 0 Å². The molecule has 0 aliphatic carbocycles. The van der Waals surface area contributed by atoms with Crippen LogP contribution in [-0.4, -0.2) is 28.6 Å². The highest BCUT2D eigenvalue weighted by Crippen LogP contribution is 2.06. The number of carbonyl (C=O) groups is 1. The van der Waals surface area contributed by atoms with E-state index >= 15 is 0 Å². The van der Waals surface area contributed by atoms with Gasteiger partial charge in [0.2, 0.25) is 0 Å². The van der Waals surface area contributed by atoms with E-state index in [1.54, 1.807) is 13.0 Å². The van der Waals surface area contributed by atoms with Gasteiger partial charge < -0.3 is 10.1 Å². The number of aromatic nitrogens is 2. The average Bonchev–Trinajstić information content (AvgIpc) is 2.17. The smallest absolute Gasteiger partial charge is 0.311 e. The monoisotopic (exact) mass is 223 g/mol. The standard InChI is InChI=1S/C11H17N3O2/c1-4-16-11(15)6-9-5-10(13-7-12-9)14-8(2)3/h5,7-8H,4,6H2,1-3H3,(H,12,13,14). The largest absolute Gasteiger partial charge is 0.466 e. The van der Waals surface area contributed by atoms with Gasteiger partial charge in [-0.2, -0.15) is 0 Å². The molecule has 1 heterocycles. The highest BCUT2D eigenvalue weighted by atomic mass is 16.5. The molecule has 0 aliphatic heterocycles. The molecule has 16 heavy (non-hydrogen) atoms. The van der Waals surface area contributed by atoms with Gasteiger partial charge in [0.15, 0.2) is 0 Å². The zero-order chi connectivity index (χ0) is 12.0. The summed E-state index contributed by atoms with van der Waals surface area (Å²) < 4.78 is 4.85. The molecule has 5 nitrogen and oxygen atoms in total. The first-order valence-corrected chi connectivity index (χ1v) is 5.35. The lowest BCUT2D eigenvalue weighted by molar-refractivity contribution is -0.142. The molecule has 1 rings (SSSR count). The van der Waals surface area contributed by atoms with E-state index in [9.17, 15) is 4.79 Å². The summed E-state index contributed by atoms with van der Waals surface area (Å²) in [5, 5.41) is 3.15. The van der Waals surface area contributed by atoms with Crippen molar-refractivity contribution in [1.29, 1.82) is 0 Å². The van der Waals surface area contributed by atoms with Gasteiger partial charge in [0.05, 0.1) is 18.7 Å². The summed E-state index contributed by atoms with van der Waals surface area (Å²) in [5.74, 6) is 0.459. The first-order chi connectivity index (χ1) is 7.61. The maximum absolute atomic E-state index is 11.2. The third-order valence-electron chi connectivity index (χ3n) is 1.79. The van der Waals surface area contributed by atoms with E-state index in [0.717, 1.165) is 5.82 Å². The summed E-state index contributed by atoms with van der Waals surface area (Å²) in [6.07, 6.45) is 1.63. The molecule has 0 fully saturated rings. The van der Waals surface area contributed by atoms with Gasteiger partial charge in [-0.05, 0) is 20.8 Å². The number of rotatable bonds is 5. The molecule has 5 heteroatoms. The third kappa shape index (κ3) is 4.25. The lowest BCUT2D eigenvalue weighted by atomic mass is 10.3. The van der Waals surface area contributed by atoms with Crippen LogP contribution in [0.15, 0.2) is 12.4 Å². The number of nitrogens with one attached hydrogen (secondary N) is 1. The van der Waals surface area contributed by atoms with Crippen molar-refractivity contribution in [1.82, 2.24) is 9.97 Å². The Labute approximate surface area is 95.3 Å². The minimum absolute atomic E-state index is 0.184. The maximum atomic E-state index is 11.2. The first-order valence-electron chi connectivity index (χ1n) is 5.35. The van der Waals surface area contributed by atoms with Crippen LogP contribution >= 0.6 is 0 Å². The molecule has 0 atom stereocenters. The zero-order valence-corrected chi connectivity index (χ0v) is 9.86.